The lowest BCUT2D eigenvalue weighted by atomic mass is 10.2. The molecule has 1 aliphatic heterocycles. The smallest absolute Gasteiger partial charge is 0.168 e. The third-order valence-electron chi connectivity index (χ3n) is 1.93. The Hall–Kier alpha value is 0.0400. The van der Waals surface area contributed by atoms with Crippen molar-refractivity contribution in [3.8, 4) is 0 Å². The van der Waals surface area contributed by atoms with E-state index in [1.54, 1.807) is 0 Å². The van der Waals surface area contributed by atoms with Crippen molar-refractivity contribution < 1.29 is 0 Å². The van der Waals surface area contributed by atoms with Crippen LogP contribution in [0.2, 0.25) is 0 Å². The van der Waals surface area contributed by atoms with Gasteiger partial charge in [-0.1, -0.05) is 0 Å². The van der Waals surface area contributed by atoms with Crippen molar-refractivity contribution in [3.05, 3.63) is 0 Å². The quantitative estimate of drug-likeness (QED) is 0.598. The Bertz CT molecular complexity index is 180. The van der Waals surface area contributed by atoms with Crippen molar-refractivity contribution in [1.82, 2.24) is 10.2 Å². The van der Waals surface area contributed by atoms with Crippen LogP contribution in [0, 0.1) is 0 Å². The summed E-state index contributed by atoms with van der Waals surface area (Å²) in [4.78, 5) is 2.24. The number of hydrogen-bond acceptors (Lipinski definition) is 2. The summed E-state index contributed by atoms with van der Waals surface area (Å²) in [5, 5.41) is 3.90. The molecule has 1 N–H and O–H groups in total. The summed E-state index contributed by atoms with van der Waals surface area (Å²) in [6.45, 7) is 6.66. The first-order valence-electron chi connectivity index (χ1n) is 4.16. The van der Waals surface area contributed by atoms with Crippen LogP contribution in [0.5, 0.6) is 0 Å². The molecule has 12 heavy (non-hydrogen) atoms. The maximum Gasteiger partial charge on any atom is 0.168 e. The number of nitrogens with zero attached hydrogens (tertiary/aromatic N) is 1. The third kappa shape index (κ3) is 2.52. The van der Waals surface area contributed by atoms with Gasteiger partial charge in [-0.05, 0) is 26.1 Å². The van der Waals surface area contributed by atoms with Gasteiger partial charge in [0.05, 0.1) is 0 Å². The van der Waals surface area contributed by atoms with Crippen LogP contribution < -0.4 is 5.32 Å². The topological polar surface area (TPSA) is 15.3 Å². The van der Waals surface area contributed by atoms with Gasteiger partial charge in [0.15, 0.2) is 5.11 Å². The molecular weight excluding hydrogens is 188 g/mol. The van der Waals surface area contributed by atoms with E-state index in [2.05, 4.69) is 24.1 Å². The van der Waals surface area contributed by atoms with Crippen LogP contribution in [-0.4, -0.2) is 40.6 Å². The van der Waals surface area contributed by atoms with Gasteiger partial charge in [-0.2, -0.15) is 11.8 Å². The summed E-state index contributed by atoms with van der Waals surface area (Å²) in [7, 11) is 1.89. The molecule has 4 heteroatoms. The van der Waals surface area contributed by atoms with E-state index >= 15 is 0 Å². The predicted molar refractivity (Wildman–Crippen MR) is 59.8 cm³/mol. The SMILES string of the molecule is CNC(=S)N1CCSC(C)(C)C1. The minimum absolute atomic E-state index is 0.346. The molecule has 1 aliphatic rings. The van der Waals surface area contributed by atoms with Crippen LogP contribution in [-0.2, 0) is 0 Å². The van der Waals surface area contributed by atoms with Gasteiger partial charge >= 0.3 is 0 Å². The number of rotatable bonds is 0. The minimum atomic E-state index is 0.346. The Balaban J connectivity index is 2.52. The van der Waals surface area contributed by atoms with Gasteiger partial charge < -0.3 is 10.2 Å². The molecule has 0 saturated carbocycles. The third-order valence-corrected chi connectivity index (χ3v) is 3.69. The molecule has 1 rings (SSSR count). The number of hydrogen-bond donors (Lipinski definition) is 1. The second kappa shape index (κ2) is 3.83. The molecule has 2 nitrogen and oxygen atoms in total. The number of thioether (sulfide) groups is 1. The van der Waals surface area contributed by atoms with Gasteiger partial charge in [0, 0.05) is 30.6 Å². The Morgan fingerprint density at radius 3 is 2.75 bits per heavy atom. The van der Waals surface area contributed by atoms with Crippen molar-refractivity contribution in [2.24, 2.45) is 0 Å². The maximum absolute atomic E-state index is 5.18. The Morgan fingerprint density at radius 1 is 1.58 bits per heavy atom. The largest absolute Gasteiger partial charge is 0.366 e. The molecule has 1 heterocycles. The molecule has 0 radical (unpaired) electrons. The fourth-order valence-corrected chi connectivity index (χ4v) is 2.62. The molecular formula is C8H16N2S2. The van der Waals surface area contributed by atoms with E-state index in [1.165, 1.54) is 5.75 Å². The summed E-state index contributed by atoms with van der Waals surface area (Å²) in [5.41, 5.74) is 0. The van der Waals surface area contributed by atoms with Crippen LogP contribution in [0.15, 0.2) is 0 Å². The molecule has 0 aromatic rings. The highest BCUT2D eigenvalue weighted by atomic mass is 32.2. The first-order valence-corrected chi connectivity index (χ1v) is 5.55. The average Bonchev–Trinajstić information content (AvgIpc) is 2.01. The zero-order valence-electron chi connectivity index (χ0n) is 7.89. The Morgan fingerprint density at radius 2 is 2.25 bits per heavy atom. The lowest BCUT2D eigenvalue weighted by Gasteiger charge is -2.38. The van der Waals surface area contributed by atoms with Crippen LogP contribution in [0.3, 0.4) is 0 Å². The van der Waals surface area contributed by atoms with Crippen LogP contribution in [0.25, 0.3) is 0 Å². The second-order valence-electron chi connectivity index (χ2n) is 3.58. The van der Waals surface area contributed by atoms with E-state index in [-0.39, 0.29) is 0 Å². The van der Waals surface area contributed by atoms with Crippen LogP contribution >= 0.6 is 24.0 Å². The molecule has 1 saturated heterocycles. The van der Waals surface area contributed by atoms with E-state index in [0.29, 0.717) is 4.75 Å². The van der Waals surface area contributed by atoms with E-state index in [1.807, 2.05) is 18.8 Å². The fourth-order valence-electron chi connectivity index (χ4n) is 1.35. The van der Waals surface area contributed by atoms with Gasteiger partial charge in [-0.3, -0.25) is 0 Å². The summed E-state index contributed by atoms with van der Waals surface area (Å²) in [6, 6.07) is 0. The number of thiocarbonyl (C=S) groups is 1. The minimum Gasteiger partial charge on any atom is -0.366 e. The van der Waals surface area contributed by atoms with Crippen molar-refractivity contribution in [2.45, 2.75) is 18.6 Å². The maximum atomic E-state index is 5.18. The standard InChI is InChI=1S/C8H16N2S2/c1-8(2)6-10(4-5-12-8)7(11)9-3/h4-6H2,1-3H3,(H,9,11). The Labute approximate surface area is 84.1 Å². The fraction of sp³-hybridized carbons (Fsp3) is 0.875. The summed E-state index contributed by atoms with van der Waals surface area (Å²) in [5.74, 6) is 1.18. The zero-order chi connectivity index (χ0) is 9.19. The normalized spacial score (nSPS) is 22.1. The van der Waals surface area contributed by atoms with Crippen LogP contribution in [0.1, 0.15) is 13.8 Å². The predicted octanol–water partition coefficient (Wildman–Crippen LogP) is 1.32. The molecule has 0 spiro atoms. The molecule has 0 atom stereocenters. The summed E-state index contributed by atoms with van der Waals surface area (Å²) in [6.07, 6.45) is 0. The number of nitrogens with one attached hydrogen (secondary N) is 1. The Kier molecular flexibility index (Phi) is 3.23. The van der Waals surface area contributed by atoms with Crippen LogP contribution in [0.4, 0.5) is 0 Å². The van der Waals surface area contributed by atoms with Gasteiger partial charge in [-0.15, -0.1) is 0 Å². The highest BCUT2D eigenvalue weighted by molar-refractivity contribution is 8.00. The van der Waals surface area contributed by atoms with Crippen molar-refractivity contribution in [2.75, 3.05) is 25.9 Å². The summed E-state index contributed by atoms with van der Waals surface area (Å²) >= 11 is 7.21. The highest BCUT2D eigenvalue weighted by Crippen LogP contribution is 2.29. The lowest BCUT2D eigenvalue weighted by molar-refractivity contribution is 0.386. The zero-order valence-corrected chi connectivity index (χ0v) is 9.52. The van der Waals surface area contributed by atoms with E-state index in [0.717, 1.165) is 18.2 Å². The van der Waals surface area contributed by atoms with Crippen molar-refractivity contribution in [1.29, 1.82) is 0 Å². The van der Waals surface area contributed by atoms with Gasteiger partial charge in [0.2, 0.25) is 0 Å². The molecule has 1 fully saturated rings. The lowest BCUT2D eigenvalue weighted by Crippen LogP contribution is -2.49. The molecule has 0 aromatic carbocycles. The van der Waals surface area contributed by atoms with E-state index < -0.39 is 0 Å². The molecule has 0 aromatic heterocycles. The van der Waals surface area contributed by atoms with E-state index in [9.17, 15) is 0 Å². The molecule has 0 unspecified atom stereocenters. The first kappa shape index (κ1) is 10.1. The molecule has 0 amide bonds. The summed E-state index contributed by atoms with van der Waals surface area (Å²) < 4.78 is 0.346. The van der Waals surface area contributed by atoms with E-state index in [4.69, 9.17) is 12.2 Å². The average molecular weight is 204 g/mol. The monoisotopic (exact) mass is 204 g/mol. The second-order valence-corrected chi connectivity index (χ2v) is 5.77. The van der Waals surface area contributed by atoms with Gasteiger partial charge in [-0.25, -0.2) is 0 Å². The molecule has 70 valence electrons. The molecule has 0 aliphatic carbocycles. The first-order chi connectivity index (χ1) is 5.55. The van der Waals surface area contributed by atoms with Gasteiger partial charge in [0.25, 0.3) is 0 Å². The molecule has 0 bridgehead atoms. The van der Waals surface area contributed by atoms with Crippen molar-refractivity contribution in [3.63, 3.8) is 0 Å². The highest BCUT2D eigenvalue weighted by Gasteiger charge is 2.27. The van der Waals surface area contributed by atoms with Gasteiger partial charge in [0.1, 0.15) is 0 Å². The van der Waals surface area contributed by atoms with Crippen molar-refractivity contribution >= 4 is 29.1 Å².